The lowest BCUT2D eigenvalue weighted by molar-refractivity contribution is -0.173. The van der Waals surface area contributed by atoms with E-state index in [0.29, 0.717) is 6.42 Å². The molecule has 8 heteroatoms. The number of nitrogens with zero attached hydrogens (tertiary/aromatic N) is 2. The van der Waals surface area contributed by atoms with Gasteiger partial charge in [-0.1, -0.05) is 19.0 Å². The van der Waals surface area contributed by atoms with E-state index in [2.05, 4.69) is 14.9 Å². The average Bonchev–Trinajstić information content (AvgIpc) is 2.80. The number of halogens is 3. The minimum absolute atomic E-state index is 0.133. The summed E-state index contributed by atoms with van der Waals surface area (Å²) < 4.78 is 44.8. The van der Waals surface area contributed by atoms with Gasteiger partial charge in [-0.3, -0.25) is 0 Å². The zero-order chi connectivity index (χ0) is 14.5. The summed E-state index contributed by atoms with van der Waals surface area (Å²) in [6.07, 6.45) is -4.24. The van der Waals surface area contributed by atoms with Crippen LogP contribution in [0.1, 0.15) is 37.9 Å². The molecule has 5 nitrogen and oxygen atoms in total. The van der Waals surface area contributed by atoms with Crippen molar-refractivity contribution in [1.82, 2.24) is 10.1 Å². The molecule has 0 spiro atoms. The van der Waals surface area contributed by atoms with Crippen LogP contribution >= 0.6 is 0 Å². The maximum absolute atomic E-state index is 11.8. The van der Waals surface area contributed by atoms with Gasteiger partial charge in [-0.25, -0.2) is 0 Å². The Balaban J connectivity index is 2.39. The van der Waals surface area contributed by atoms with Gasteiger partial charge in [-0.05, 0) is 6.42 Å². The second-order valence-electron chi connectivity index (χ2n) is 4.23. The van der Waals surface area contributed by atoms with Crippen LogP contribution in [0.5, 0.6) is 0 Å². The Morgan fingerprint density at radius 3 is 2.68 bits per heavy atom. The Kier molecular flexibility index (Phi) is 5.74. The number of aliphatic hydroxyl groups is 1. The summed E-state index contributed by atoms with van der Waals surface area (Å²) in [4.78, 5) is 4.01. The quantitative estimate of drug-likeness (QED) is 0.775. The van der Waals surface area contributed by atoms with Gasteiger partial charge in [0, 0.05) is 6.42 Å². The van der Waals surface area contributed by atoms with Crippen LogP contribution in [-0.4, -0.2) is 40.7 Å². The van der Waals surface area contributed by atoms with E-state index in [9.17, 15) is 18.3 Å². The number of ether oxygens (including phenoxy) is 1. The molecular formula is C11H17F3N2O3. The third-order valence-electron chi connectivity index (χ3n) is 2.60. The van der Waals surface area contributed by atoms with Gasteiger partial charge in [0.25, 0.3) is 0 Å². The molecule has 0 aromatic carbocycles. The van der Waals surface area contributed by atoms with E-state index >= 15 is 0 Å². The SMILES string of the molecule is CCC(O)C(C)c1nc(CCOCC(F)(F)F)no1. The maximum Gasteiger partial charge on any atom is 0.411 e. The monoisotopic (exact) mass is 282 g/mol. The summed E-state index contributed by atoms with van der Waals surface area (Å²) in [7, 11) is 0. The minimum atomic E-state index is -4.33. The van der Waals surface area contributed by atoms with E-state index in [-0.39, 0.29) is 30.7 Å². The predicted octanol–water partition coefficient (Wildman–Crippen LogP) is 2.07. The summed E-state index contributed by atoms with van der Waals surface area (Å²) in [6.45, 7) is 2.14. The molecule has 19 heavy (non-hydrogen) atoms. The zero-order valence-corrected chi connectivity index (χ0v) is 10.8. The van der Waals surface area contributed by atoms with E-state index < -0.39 is 18.9 Å². The lowest BCUT2D eigenvalue weighted by Gasteiger charge is -2.11. The van der Waals surface area contributed by atoms with E-state index in [1.165, 1.54) is 0 Å². The van der Waals surface area contributed by atoms with E-state index in [4.69, 9.17) is 4.52 Å². The number of hydrogen-bond donors (Lipinski definition) is 1. The highest BCUT2D eigenvalue weighted by atomic mass is 19.4. The molecule has 0 aliphatic rings. The van der Waals surface area contributed by atoms with Crippen molar-refractivity contribution >= 4 is 0 Å². The van der Waals surface area contributed by atoms with Gasteiger partial charge in [0.05, 0.1) is 18.6 Å². The summed E-state index contributed by atoms with van der Waals surface area (Å²) in [6, 6.07) is 0. The Bertz CT molecular complexity index is 382. The van der Waals surface area contributed by atoms with Crippen molar-refractivity contribution in [2.24, 2.45) is 0 Å². The zero-order valence-electron chi connectivity index (χ0n) is 10.8. The van der Waals surface area contributed by atoms with Crippen LogP contribution < -0.4 is 0 Å². The number of rotatable bonds is 7. The van der Waals surface area contributed by atoms with Gasteiger partial charge in [-0.2, -0.15) is 18.2 Å². The smallest absolute Gasteiger partial charge is 0.392 e. The molecule has 2 unspecified atom stereocenters. The highest BCUT2D eigenvalue weighted by Crippen LogP contribution is 2.19. The highest BCUT2D eigenvalue weighted by Gasteiger charge is 2.27. The molecule has 1 N–H and O–H groups in total. The second kappa shape index (κ2) is 6.85. The van der Waals surface area contributed by atoms with Crippen LogP contribution in [0.15, 0.2) is 4.52 Å². The fourth-order valence-electron chi connectivity index (χ4n) is 1.42. The van der Waals surface area contributed by atoms with Crippen LogP contribution in [-0.2, 0) is 11.2 Å². The Labute approximate surface area is 108 Å². The first-order valence-electron chi connectivity index (χ1n) is 5.98. The van der Waals surface area contributed by atoms with E-state index in [1.807, 2.05) is 6.92 Å². The van der Waals surface area contributed by atoms with Gasteiger partial charge in [0.15, 0.2) is 5.82 Å². The molecule has 0 fully saturated rings. The van der Waals surface area contributed by atoms with Crippen molar-refractivity contribution in [3.63, 3.8) is 0 Å². The van der Waals surface area contributed by atoms with Crippen LogP contribution in [0.3, 0.4) is 0 Å². The van der Waals surface area contributed by atoms with Gasteiger partial charge in [0.2, 0.25) is 5.89 Å². The van der Waals surface area contributed by atoms with Gasteiger partial charge >= 0.3 is 6.18 Å². The molecule has 0 radical (unpaired) electrons. The molecule has 0 aliphatic heterocycles. The van der Waals surface area contributed by atoms with Crippen molar-refractivity contribution in [3.8, 4) is 0 Å². The molecule has 0 saturated heterocycles. The standard InChI is InChI=1S/C11H17F3N2O3/c1-3-8(17)7(2)10-15-9(16-19-10)4-5-18-6-11(12,13)14/h7-8,17H,3-6H2,1-2H3. The molecule has 2 atom stereocenters. The Hall–Kier alpha value is -1.15. The number of alkyl halides is 3. The lowest BCUT2D eigenvalue weighted by Crippen LogP contribution is -2.18. The molecule has 1 heterocycles. The van der Waals surface area contributed by atoms with E-state index in [0.717, 1.165) is 0 Å². The lowest BCUT2D eigenvalue weighted by atomic mass is 10.0. The normalized spacial score (nSPS) is 15.5. The Morgan fingerprint density at radius 2 is 2.11 bits per heavy atom. The molecule has 0 saturated carbocycles. The molecule has 1 aromatic heterocycles. The average molecular weight is 282 g/mol. The summed E-state index contributed by atoms with van der Waals surface area (Å²) >= 11 is 0. The molecule has 1 rings (SSSR count). The first kappa shape index (κ1) is 15.9. The van der Waals surface area contributed by atoms with Crippen LogP contribution in [0.4, 0.5) is 13.2 Å². The topological polar surface area (TPSA) is 68.4 Å². The Morgan fingerprint density at radius 1 is 1.42 bits per heavy atom. The third-order valence-corrected chi connectivity index (χ3v) is 2.60. The van der Waals surface area contributed by atoms with Gasteiger partial charge in [-0.15, -0.1) is 0 Å². The van der Waals surface area contributed by atoms with E-state index in [1.54, 1.807) is 6.92 Å². The minimum Gasteiger partial charge on any atom is -0.392 e. The molecular weight excluding hydrogens is 265 g/mol. The summed E-state index contributed by atoms with van der Waals surface area (Å²) in [5, 5.41) is 13.2. The number of hydrogen-bond acceptors (Lipinski definition) is 5. The van der Waals surface area contributed by atoms with Crippen LogP contribution in [0.25, 0.3) is 0 Å². The van der Waals surface area contributed by atoms with Gasteiger partial charge in [0.1, 0.15) is 6.61 Å². The summed E-state index contributed by atoms with van der Waals surface area (Å²) in [5.74, 6) is 0.245. The molecule has 110 valence electrons. The second-order valence-corrected chi connectivity index (χ2v) is 4.23. The molecule has 0 amide bonds. The summed E-state index contributed by atoms with van der Waals surface area (Å²) in [5.41, 5.74) is 0. The largest absolute Gasteiger partial charge is 0.411 e. The fraction of sp³-hybridized carbons (Fsp3) is 0.818. The van der Waals surface area contributed by atoms with Crippen molar-refractivity contribution in [2.75, 3.05) is 13.2 Å². The first-order chi connectivity index (χ1) is 8.83. The van der Waals surface area contributed by atoms with Gasteiger partial charge < -0.3 is 14.4 Å². The van der Waals surface area contributed by atoms with Crippen molar-refractivity contribution in [1.29, 1.82) is 0 Å². The molecule has 0 aliphatic carbocycles. The number of aliphatic hydroxyl groups excluding tert-OH is 1. The maximum atomic E-state index is 11.8. The highest BCUT2D eigenvalue weighted by molar-refractivity contribution is 4.95. The number of aromatic nitrogens is 2. The van der Waals surface area contributed by atoms with Crippen molar-refractivity contribution < 1.29 is 27.5 Å². The van der Waals surface area contributed by atoms with Crippen molar-refractivity contribution in [3.05, 3.63) is 11.7 Å². The fourth-order valence-corrected chi connectivity index (χ4v) is 1.42. The first-order valence-corrected chi connectivity index (χ1v) is 5.98. The molecule has 0 bridgehead atoms. The third kappa shape index (κ3) is 5.56. The van der Waals surface area contributed by atoms with Crippen LogP contribution in [0, 0.1) is 0 Å². The molecule has 1 aromatic rings. The predicted molar refractivity (Wildman–Crippen MR) is 59.6 cm³/mol. The van der Waals surface area contributed by atoms with Crippen LogP contribution in [0.2, 0.25) is 0 Å². The van der Waals surface area contributed by atoms with Crippen molar-refractivity contribution in [2.45, 2.75) is 44.9 Å².